The Kier molecular flexibility index (Phi) is 7.62. The highest BCUT2D eigenvalue weighted by atomic mass is 35.5. The lowest BCUT2D eigenvalue weighted by Gasteiger charge is -2.33. The quantitative estimate of drug-likeness (QED) is 0.480. The molecule has 1 fully saturated rings. The Labute approximate surface area is 178 Å². The maximum absolute atomic E-state index is 12.9. The van der Waals surface area contributed by atoms with Gasteiger partial charge in [0.1, 0.15) is 12.4 Å². The highest BCUT2D eigenvalue weighted by Gasteiger charge is 2.35. The van der Waals surface area contributed by atoms with Crippen molar-refractivity contribution in [3.05, 3.63) is 45.0 Å². The van der Waals surface area contributed by atoms with Gasteiger partial charge >= 0.3 is 5.97 Å². The molecule has 2 heterocycles. The van der Waals surface area contributed by atoms with E-state index in [4.69, 9.17) is 21.2 Å². The lowest BCUT2D eigenvalue weighted by molar-refractivity contribution is -0.137. The summed E-state index contributed by atoms with van der Waals surface area (Å²) in [7, 11) is 0. The van der Waals surface area contributed by atoms with Gasteiger partial charge in [-0.1, -0.05) is 18.2 Å². The summed E-state index contributed by atoms with van der Waals surface area (Å²) in [5, 5.41) is 0. The molecule has 1 saturated heterocycles. The van der Waals surface area contributed by atoms with E-state index in [0.717, 1.165) is 17.1 Å². The fourth-order valence-corrected chi connectivity index (χ4v) is 5.94. The molecule has 2 unspecified atom stereocenters. The zero-order valence-corrected chi connectivity index (χ0v) is 18.2. The third kappa shape index (κ3) is 5.63. The monoisotopic (exact) mass is 441 g/mol. The summed E-state index contributed by atoms with van der Waals surface area (Å²) in [6.45, 7) is 5.57. The molecular weight excluding hydrogens is 418 g/mol. The number of nitrogens with one attached hydrogen (secondary N) is 1. The first-order valence-electron chi connectivity index (χ1n) is 9.28. The number of thiophene rings is 1. The van der Waals surface area contributed by atoms with E-state index < -0.39 is 5.97 Å². The highest BCUT2D eigenvalue weighted by molar-refractivity contribution is 7.99. The van der Waals surface area contributed by atoms with Crippen LogP contribution in [0, 0.1) is 11.8 Å². The summed E-state index contributed by atoms with van der Waals surface area (Å²) >= 11 is 9.27. The standard InChI is InChI=1S/C20H24ClNO4S2/c1-12(22-25-10-16-5-6-19(21)28-16)20-17(24)8-15(9-18(20)26-13(2)23)14-4-3-7-27-11-14/h5-6,14-15,22H,1,3-4,7-11H2,2H3. The van der Waals surface area contributed by atoms with E-state index in [9.17, 15) is 9.59 Å². The molecule has 8 heteroatoms. The van der Waals surface area contributed by atoms with Gasteiger partial charge in [-0.05, 0) is 48.3 Å². The summed E-state index contributed by atoms with van der Waals surface area (Å²) in [5.41, 5.74) is 3.39. The number of Topliss-reactive ketones (excluding diaryl/α,β-unsaturated/α-hetero) is 1. The smallest absolute Gasteiger partial charge is 0.307 e. The van der Waals surface area contributed by atoms with E-state index in [1.807, 2.05) is 17.8 Å². The average Bonchev–Trinajstić information content (AvgIpc) is 3.06. The van der Waals surface area contributed by atoms with Crippen molar-refractivity contribution in [2.75, 3.05) is 11.5 Å². The number of ketones is 1. The lowest BCUT2D eigenvalue weighted by Crippen LogP contribution is -2.31. The van der Waals surface area contributed by atoms with Gasteiger partial charge in [-0.3, -0.25) is 19.9 Å². The van der Waals surface area contributed by atoms with Crippen LogP contribution in [0.3, 0.4) is 0 Å². The first kappa shape index (κ1) is 21.4. The fraction of sp³-hybridized carbons (Fsp3) is 0.500. The van der Waals surface area contributed by atoms with Crippen LogP contribution in [0.2, 0.25) is 4.34 Å². The van der Waals surface area contributed by atoms with Gasteiger partial charge in [0.2, 0.25) is 0 Å². The van der Waals surface area contributed by atoms with Gasteiger partial charge in [0, 0.05) is 24.6 Å². The molecule has 5 nitrogen and oxygen atoms in total. The highest BCUT2D eigenvalue weighted by Crippen LogP contribution is 2.39. The molecule has 0 radical (unpaired) electrons. The molecule has 152 valence electrons. The number of rotatable bonds is 7. The summed E-state index contributed by atoms with van der Waals surface area (Å²) in [6, 6.07) is 3.68. The van der Waals surface area contributed by atoms with Crippen LogP contribution >= 0.6 is 34.7 Å². The number of ether oxygens (including phenoxy) is 1. The molecule has 1 aromatic rings. The second kappa shape index (κ2) is 9.96. The molecule has 2 aliphatic rings. The molecule has 1 aromatic heterocycles. The maximum atomic E-state index is 12.9. The number of thioether (sulfide) groups is 1. The fourth-order valence-electron chi connectivity index (χ4n) is 3.66. The molecule has 0 bridgehead atoms. The van der Waals surface area contributed by atoms with Crippen molar-refractivity contribution in [2.45, 2.75) is 39.2 Å². The Morgan fingerprint density at radius 3 is 2.82 bits per heavy atom. The van der Waals surface area contributed by atoms with Crippen molar-refractivity contribution in [3.63, 3.8) is 0 Å². The van der Waals surface area contributed by atoms with Crippen molar-refractivity contribution in [1.29, 1.82) is 0 Å². The maximum Gasteiger partial charge on any atom is 0.307 e. The Morgan fingerprint density at radius 2 is 2.18 bits per heavy atom. The van der Waals surface area contributed by atoms with Crippen molar-refractivity contribution < 1.29 is 19.2 Å². The van der Waals surface area contributed by atoms with E-state index >= 15 is 0 Å². The lowest BCUT2D eigenvalue weighted by atomic mass is 9.77. The molecule has 1 aliphatic heterocycles. The van der Waals surface area contributed by atoms with Crippen molar-refractivity contribution in [1.82, 2.24) is 5.48 Å². The van der Waals surface area contributed by atoms with Gasteiger partial charge in [0.05, 0.1) is 15.6 Å². The summed E-state index contributed by atoms with van der Waals surface area (Å²) in [5.74, 6) is 2.86. The van der Waals surface area contributed by atoms with E-state index in [1.54, 1.807) is 6.07 Å². The van der Waals surface area contributed by atoms with Crippen LogP contribution in [0.1, 0.15) is 37.5 Å². The van der Waals surface area contributed by atoms with Gasteiger partial charge in [-0.15, -0.1) is 11.3 Å². The topological polar surface area (TPSA) is 64.6 Å². The third-order valence-electron chi connectivity index (χ3n) is 4.92. The number of hydrogen-bond acceptors (Lipinski definition) is 7. The number of esters is 1. The predicted molar refractivity (Wildman–Crippen MR) is 113 cm³/mol. The Hall–Kier alpha value is -1.28. The first-order valence-corrected chi connectivity index (χ1v) is 11.6. The van der Waals surface area contributed by atoms with Gasteiger partial charge < -0.3 is 4.74 Å². The molecule has 3 rings (SSSR count). The molecule has 2 atom stereocenters. The molecule has 1 aliphatic carbocycles. The van der Waals surface area contributed by atoms with E-state index in [2.05, 4.69) is 12.1 Å². The van der Waals surface area contributed by atoms with Crippen LogP contribution < -0.4 is 5.48 Å². The molecule has 0 spiro atoms. The van der Waals surface area contributed by atoms with Crippen LogP contribution in [0.5, 0.6) is 0 Å². The number of allylic oxidation sites excluding steroid dienone is 2. The number of hydroxylamine groups is 1. The zero-order valence-electron chi connectivity index (χ0n) is 15.8. The van der Waals surface area contributed by atoms with E-state index in [1.165, 1.54) is 30.4 Å². The van der Waals surface area contributed by atoms with Crippen molar-refractivity contribution >= 4 is 46.5 Å². The van der Waals surface area contributed by atoms with Gasteiger partial charge in [0.15, 0.2) is 5.78 Å². The molecule has 0 amide bonds. The van der Waals surface area contributed by atoms with Gasteiger partial charge in [-0.2, -0.15) is 11.8 Å². The summed E-state index contributed by atoms with van der Waals surface area (Å²) in [4.78, 5) is 30.9. The minimum absolute atomic E-state index is 0.0525. The zero-order chi connectivity index (χ0) is 20.1. The van der Waals surface area contributed by atoms with Gasteiger partial charge in [-0.25, -0.2) is 0 Å². The van der Waals surface area contributed by atoms with Crippen molar-refractivity contribution in [2.24, 2.45) is 11.8 Å². The second-order valence-electron chi connectivity index (χ2n) is 7.04. The number of halogens is 1. The molecular formula is C20H24ClNO4S2. The number of carbonyl (C=O) groups excluding carboxylic acids is 2. The van der Waals surface area contributed by atoms with Crippen LogP contribution in [0.4, 0.5) is 0 Å². The summed E-state index contributed by atoms with van der Waals surface area (Å²) < 4.78 is 6.11. The van der Waals surface area contributed by atoms with Gasteiger partial charge in [0.25, 0.3) is 0 Å². The van der Waals surface area contributed by atoms with E-state index in [-0.39, 0.29) is 11.7 Å². The largest absolute Gasteiger partial charge is 0.430 e. The van der Waals surface area contributed by atoms with Crippen LogP contribution in [0.25, 0.3) is 0 Å². The molecule has 28 heavy (non-hydrogen) atoms. The molecule has 0 aromatic carbocycles. The minimum Gasteiger partial charge on any atom is -0.430 e. The van der Waals surface area contributed by atoms with Crippen LogP contribution in [-0.4, -0.2) is 23.3 Å². The van der Waals surface area contributed by atoms with E-state index in [0.29, 0.717) is 46.7 Å². The molecule has 0 saturated carbocycles. The average molecular weight is 442 g/mol. The van der Waals surface area contributed by atoms with Crippen LogP contribution in [0.15, 0.2) is 35.7 Å². The third-order valence-corrected chi connectivity index (χ3v) is 7.37. The Balaban J connectivity index is 1.68. The molecule has 1 N–H and O–H groups in total. The Bertz CT molecular complexity index is 783. The SMILES string of the molecule is C=C(NOCc1ccc(Cl)s1)C1=C(OC(C)=O)CC(C2CCCSC2)CC1=O. The predicted octanol–water partition coefficient (Wildman–Crippen LogP) is 4.88. The summed E-state index contributed by atoms with van der Waals surface area (Å²) in [6.07, 6.45) is 3.33. The Morgan fingerprint density at radius 1 is 1.36 bits per heavy atom. The first-order chi connectivity index (χ1) is 13.4. The number of hydrogen-bond donors (Lipinski definition) is 1. The minimum atomic E-state index is -0.430. The second-order valence-corrected chi connectivity index (χ2v) is 9.99. The van der Waals surface area contributed by atoms with Crippen LogP contribution in [-0.2, 0) is 25.8 Å². The number of carbonyl (C=O) groups is 2. The van der Waals surface area contributed by atoms with Crippen molar-refractivity contribution in [3.8, 4) is 0 Å². The normalized spacial score (nSPS) is 22.9.